The molecule has 1 aliphatic heterocycles. The van der Waals surface area contributed by atoms with Gasteiger partial charge in [-0.15, -0.1) is 0 Å². The molecular weight excluding hydrogens is 250 g/mol. The third-order valence-electron chi connectivity index (χ3n) is 2.72. The highest BCUT2D eigenvalue weighted by molar-refractivity contribution is 8.00. The molecule has 0 aliphatic carbocycles. The molecule has 1 aromatic heterocycles. The number of hydrogen-bond acceptors (Lipinski definition) is 5. The van der Waals surface area contributed by atoms with Gasteiger partial charge in [-0.2, -0.15) is 0 Å². The van der Waals surface area contributed by atoms with E-state index in [4.69, 9.17) is 4.74 Å². The Kier molecular flexibility index (Phi) is 4.95. The average Bonchev–Trinajstić information content (AvgIpc) is 2.90. The molecule has 0 saturated carbocycles. The first kappa shape index (κ1) is 13.3. The first-order valence-electron chi connectivity index (χ1n) is 6.08. The molecule has 1 saturated heterocycles. The topological polar surface area (TPSA) is 64.1 Å². The lowest BCUT2D eigenvalue weighted by Gasteiger charge is -2.13. The maximum absolute atomic E-state index is 11.9. The summed E-state index contributed by atoms with van der Waals surface area (Å²) in [6, 6.07) is 1.76. The average molecular weight is 267 g/mol. The zero-order chi connectivity index (χ0) is 12.8. The summed E-state index contributed by atoms with van der Waals surface area (Å²) in [5.41, 5.74) is 0. The molecular formula is C12H17N3O2S. The number of amides is 1. The molecule has 2 unspecified atom stereocenters. The van der Waals surface area contributed by atoms with E-state index in [1.165, 1.54) is 11.8 Å². The van der Waals surface area contributed by atoms with Crippen molar-refractivity contribution in [1.82, 2.24) is 15.3 Å². The molecule has 2 heterocycles. The molecule has 0 bridgehead atoms. The van der Waals surface area contributed by atoms with Crippen LogP contribution in [0.4, 0.5) is 0 Å². The molecule has 98 valence electrons. The van der Waals surface area contributed by atoms with Gasteiger partial charge in [0.05, 0.1) is 11.4 Å². The van der Waals surface area contributed by atoms with E-state index in [-0.39, 0.29) is 17.3 Å². The third kappa shape index (κ3) is 3.96. The second kappa shape index (κ2) is 6.70. The number of thioether (sulfide) groups is 1. The molecule has 5 nitrogen and oxygen atoms in total. The van der Waals surface area contributed by atoms with Crippen molar-refractivity contribution in [2.75, 3.05) is 13.2 Å². The van der Waals surface area contributed by atoms with Crippen LogP contribution < -0.4 is 5.32 Å². The van der Waals surface area contributed by atoms with Gasteiger partial charge in [-0.1, -0.05) is 11.8 Å². The number of carbonyl (C=O) groups is 1. The molecule has 18 heavy (non-hydrogen) atoms. The van der Waals surface area contributed by atoms with Crippen LogP contribution in [0, 0.1) is 0 Å². The fourth-order valence-corrected chi connectivity index (χ4v) is 2.47. The van der Waals surface area contributed by atoms with Gasteiger partial charge in [0.2, 0.25) is 5.91 Å². The van der Waals surface area contributed by atoms with E-state index < -0.39 is 0 Å². The lowest BCUT2D eigenvalue weighted by atomic mass is 10.2. The van der Waals surface area contributed by atoms with Gasteiger partial charge in [-0.05, 0) is 25.8 Å². The highest BCUT2D eigenvalue weighted by atomic mass is 32.2. The van der Waals surface area contributed by atoms with Crippen molar-refractivity contribution >= 4 is 17.7 Å². The Labute approximate surface area is 111 Å². The number of nitrogens with one attached hydrogen (secondary N) is 1. The standard InChI is InChI=1S/C12H17N3O2S/c1-9(18-12-13-5-3-6-14-12)11(16)15-8-10-4-2-7-17-10/h3,5-6,9-10H,2,4,7-8H2,1H3,(H,15,16). The molecule has 1 fully saturated rings. The monoisotopic (exact) mass is 267 g/mol. The Morgan fingerprint density at radius 3 is 3.06 bits per heavy atom. The fraction of sp³-hybridized carbons (Fsp3) is 0.583. The van der Waals surface area contributed by atoms with Crippen LogP contribution in [0.15, 0.2) is 23.6 Å². The predicted molar refractivity (Wildman–Crippen MR) is 69.3 cm³/mol. The summed E-state index contributed by atoms with van der Waals surface area (Å²) < 4.78 is 5.46. The summed E-state index contributed by atoms with van der Waals surface area (Å²) >= 11 is 1.36. The van der Waals surface area contributed by atoms with Gasteiger partial charge in [-0.3, -0.25) is 4.79 Å². The van der Waals surface area contributed by atoms with E-state index in [1.54, 1.807) is 18.5 Å². The molecule has 1 N–H and O–H groups in total. The molecule has 0 radical (unpaired) electrons. The van der Waals surface area contributed by atoms with E-state index in [0.29, 0.717) is 11.7 Å². The molecule has 0 aromatic carbocycles. The quantitative estimate of drug-likeness (QED) is 0.642. The van der Waals surface area contributed by atoms with Gasteiger partial charge in [0.1, 0.15) is 0 Å². The predicted octanol–water partition coefficient (Wildman–Crippen LogP) is 1.25. The lowest BCUT2D eigenvalue weighted by Crippen LogP contribution is -2.36. The minimum absolute atomic E-state index is 0.00273. The molecule has 1 aromatic rings. The maximum Gasteiger partial charge on any atom is 0.233 e. The second-order valence-corrected chi connectivity index (χ2v) is 5.48. The van der Waals surface area contributed by atoms with Crippen molar-refractivity contribution in [3.05, 3.63) is 18.5 Å². The molecule has 2 rings (SSSR count). The van der Waals surface area contributed by atoms with Crippen LogP contribution in [0.1, 0.15) is 19.8 Å². The van der Waals surface area contributed by atoms with Crippen molar-refractivity contribution in [3.63, 3.8) is 0 Å². The van der Waals surface area contributed by atoms with Gasteiger partial charge in [0.15, 0.2) is 5.16 Å². The Morgan fingerprint density at radius 1 is 1.61 bits per heavy atom. The van der Waals surface area contributed by atoms with Crippen molar-refractivity contribution in [2.45, 2.75) is 36.3 Å². The first-order chi connectivity index (χ1) is 8.75. The number of rotatable bonds is 5. The van der Waals surface area contributed by atoms with E-state index in [1.807, 2.05) is 6.92 Å². The maximum atomic E-state index is 11.9. The molecule has 6 heteroatoms. The molecule has 2 atom stereocenters. The van der Waals surface area contributed by atoms with Crippen LogP contribution in [-0.4, -0.2) is 40.4 Å². The SMILES string of the molecule is CC(Sc1ncccn1)C(=O)NCC1CCCO1. The fourth-order valence-electron chi connectivity index (χ4n) is 1.72. The third-order valence-corrected chi connectivity index (χ3v) is 3.71. The lowest BCUT2D eigenvalue weighted by molar-refractivity contribution is -0.120. The summed E-state index contributed by atoms with van der Waals surface area (Å²) in [5, 5.41) is 3.33. The molecule has 0 spiro atoms. The highest BCUT2D eigenvalue weighted by Crippen LogP contribution is 2.18. The summed E-state index contributed by atoms with van der Waals surface area (Å²) in [6.45, 7) is 3.26. The van der Waals surface area contributed by atoms with Crippen molar-refractivity contribution in [2.24, 2.45) is 0 Å². The normalized spacial score (nSPS) is 20.6. The summed E-state index contributed by atoms with van der Waals surface area (Å²) in [4.78, 5) is 20.0. The van der Waals surface area contributed by atoms with Gasteiger partial charge < -0.3 is 10.1 Å². The van der Waals surface area contributed by atoms with Crippen LogP contribution in [-0.2, 0) is 9.53 Å². The Morgan fingerprint density at radius 2 is 2.39 bits per heavy atom. The van der Waals surface area contributed by atoms with E-state index in [2.05, 4.69) is 15.3 Å². The van der Waals surface area contributed by atoms with Gasteiger partial charge >= 0.3 is 0 Å². The summed E-state index contributed by atoms with van der Waals surface area (Å²) in [5.74, 6) is 0.00273. The zero-order valence-electron chi connectivity index (χ0n) is 10.3. The van der Waals surface area contributed by atoms with Crippen LogP contribution in [0.25, 0.3) is 0 Å². The van der Waals surface area contributed by atoms with Crippen LogP contribution in [0.5, 0.6) is 0 Å². The van der Waals surface area contributed by atoms with Crippen LogP contribution >= 0.6 is 11.8 Å². The summed E-state index contributed by atoms with van der Waals surface area (Å²) in [7, 11) is 0. The summed E-state index contributed by atoms with van der Waals surface area (Å²) in [6.07, 6.45) is 5.64. The van der Waals surface area contributed by atoms with E-state index >= 15 is 0 Å². The zero-order valence-corrected chi connectivity index (χ0v) is 11.2. The second-order valence-electron chi connectivity index (χ2n) is 4.17. The Balaban J connectivity index is 1.74. The minimum Gasteiger partial charge on any atom is -0.376 e. The van der Waals surface area contributed by atoms with E-state index in [9.17, 15) is 4.79 Å². The first-order valence-corrected chi connectivity index (χ1v) is 6.96. The van der Waals surface area contributed by atoms with Gasteiger partial charge in [-0.25, -0.2) is 9.97 Å². The largest absolute Gasteiger partial charge is 0.376 e. The van der Waals surface area contributed by atoms with Crippen LogP contribution in [0.3, 0.4) is 0 Å². The number of hydrogen-bond donors (Lipinski definition) is 1. The highest BCUT2D eigenvalue weighted by Gasteiger charge is 2.19. The van der Waals surface area contributed by atoms with Crippen molar-refractivity contribution in [1.29, 1.82) is 0 Å². The Bertz CT molecular complexity index is 382. The van der Waals surface area contributed by atoms with E-state index in [0.717, 1.165) is 19.4 Å². The van der Waals surface area contributed by atoms with Gasteiger partial charge in [0, 0.05) is 25.5 Å². The number of aromatic nitrogens is 2. The van der Waals surface area contributed by atoms with Crippen molar-refractivity contribution < 1.29 is 9.53 Å². The number of carbonyl (C=O) groups excluding carboxylic acids is 1. The Hall–Kier alpha value is -1.14. The van der Waals surface area contributed by atoms with Crippen molar-refractivity contribution in [3.8, 4) is 0 Å². The molecule has 1 aliphatic rings. The molecule has 1 amide bonds. The smallest absolute Gasteiger partial charge is 0.233 e. The minimum atomic E-state index is -0.200. The van der Waals surface area contributed by atoms with Crippen LogP contribution in [0.2, 0.25) is 0 Å². The van der Waals surface area contributed by atoms with Gasteiger partial charge in [0.25, 0.3) is 0 Å². The number of nitrogens with zero attached hydrogens (tertiary/aromatic N) is 2. The number of ether oxygens (including phenoxy) is 1.